The Hall–Kier alpha value is -4.14. The summed E-state index contributed by atoms with van der Waals surface area (Å²) in [6.07, 6.45) is 3.04. The lowest BCUT2D eigenvalue weighted by Crippen LogP contribution is -2.33. The maximum atomic E-state index is 13.4. The van der Waals surface area contributed by atoms with Crippen LogP contribution in [0.3, 0.4) is 0 Å². The lowest BCUT2D eigenvalue weighted by molar-refractivity contribution is -0.118. The summed E-state index contributed by atoms with van der Waals surface area (Å²) >= 11 is 0. The summed E-state index contributed by atoms with van der Waals surface area (Å²) in [6, 6.07) is 5.26. The minimum Gasteiger partial charge on any atom is -0.506 e. The number of ketones is 2. The van der Waals surface area contributed by atoms with E-state index in [2.05, 4.69) is 15.5 Å². The molecular formula is C28H34N4O5. The molecule has 2 amide bonds. The number of anilines is 2. The number of nitrogens with one attached hydrogen (secondary N) is 2. The third-order valence-corrected chi connectivity index (χ3v) is 6.42. The SMILES string of the molecule is CCN(CC)C1=CC(=O)/C(=C2/C(=O)C(c3ccc(N(CC)CC)cc3NC(C)=O)=C2O)C(NC(C)=O)=C1. The van der Waals surface area contributed by atoms with Gasteiger partial charge in [-0.15, -0.1) is 0 Å². The molecule has 2 aliphatic carbocycles. The van der Waals surface area contributed by atoms with E-state index in [9.17, 15) is 24.3 Å². The number of hydrogen-bond donors (Lipinski definition) is 3. The standard InChI is InChI=1S/C28H34N4O5/c1-7-31(8-2)18-11-12-20(21(13-18)29-16(5)33)24-27(36)26(28(24)37)25-22(30-17(6)34)14-19(15-23(25)35)32(9-3)10-4/h11-15,36H,7-10H2,1-6H3,(H,29,33)(H,30,34)/b26-25+. The molecule has 9 heteroatoms. The molecule has 0 heterocycles. The highest BCUT2D eigenvalue weighted by Gasteiger charge is 2.41. The first-order valence-electron chi connectivity index (χ1n) is 12.5. The molecule has 196 valence electrons. The van der Waals surface area contributed by atoms with Crippen LogP contribution in [0, 0.1) is 0 Å². The van der Waals surface area contributed by atoms with Crippen molar-refractivity contribution in [3.05, 3.63) is 64.2 Å². The van der Waals surface area contributed by atoms with E-state index in [0.29, 0.717) is 30.0 Å². The van der Waals surface area contributed by atoms with E-state index >= 15 is 0 Å². The zero-order valence-corrected chi connectivity index (χ0v) is 22.2. The molecule has 0 aliphatic heterocycles. The molecule has 1 aromatic carbocycles. The highest BCUT2D eigenvalue weighted by molar-refractivity contribution is 6.42. The molecule has 3 rings (SSSR count). The zero-order chi connectivity index (χ0) is 27.4. The third-order valence-electron chi connectivity index (χ3n) is 6.42. The van der Waals surface area contributed by atoms with Crippen molar-refractivity contribution in [3.8, 4) is 0 Å². The number of likely N-dealkylation sites (N-methyl/N-ethyl adjacent to an activating group) is 1. The predicted molar refractivity (Wildman–Crippen MR) is 144 cm³/mol. The van der Waals surface area contributed by atoms with Crippen molar-refractivity contribution in [2.75, 3.05) is 36.4 Å². The van der Waals surface area contributed by atoms with Gasteiger partial charge in [-0.25, -0.2) is 0 Å². The minimum atomic E-state index is -0.543. The van der Waals surface area contributed by atoms with Crippen LogP contribution in [0.15, 0.2) is 58.7 Å². The summed E-state index contributed by atoms with van der Waals surface area (Å²) in [4.78, 5) is 54.5. The zero-order valence-electron chi connectivity index (χ0n) is 22.2. The van der Waals surface area contributed by atoms with Crippen LogP contribution in [0.2, 0.25) is 0 Å². The molecule has 0 unspecified atom stereocenters. The lowest BCUT2D eigenvalue weighted by atomic mass is 9.77. The molecule has 37 heavy (non-hydrogen) atoms. The monoisotopic (exact) mass is 506 g/mol. The Labute approximate surface area is 217 Å². The summed E-state index contributed by atoms with van der Waals surface area (Å²) in [6.45, 7) is 13.4. The van der Waals surface area contributed by atoms with Crippen molar-refractivity contribution in [1.82, 2.24) is 10.2 Å². The number of hydrogen-bond acceptors (Lipinski definition) is 7. The van der Waals surface area contributed by atoms with E-state index in [1.54, 1.807) is 18.2 Å². The van der Waals surface area contributed by atoms with Gasteiger partial charge in [0.1, 0.15) is 5.76 Å². The highest BCUT2D eigenvalue weighted by Crippen LogP contribution is 2.43. The summed E-state index contributed by atoms with van der Waals surface area (Å²) in [5.41, 5.74) is 2.15. The van der Waals surface area contributed by atoms with Gasteiger partial charge >= 0.3 is 0 Å². The van der Waals surface area contributed by atoms with Gasteiger partial charge in [0.25, 0.3) is 0 Å². The molecule has 0 atom stereocenters. The number of allylic oxidation sites excluding steroid dienone is 5. The molecule has 2 aliphatic rings. The van der Waals surface area contributed by atoms with Gasteiger partial charge in [0, 0.05) is 63.1 Å². The van der Waals surface area contributed by atoms with E-state index in [-0.39, 0.29) is 34.1 Å². The van der Waals surface area contributed by atoms with E-state index in [1.165, 1.54) is 19.9 Å². The fraction of sp³-hybridized carbons (Fsp3) is 0.357. The largest absolute Gasteiger partial charge is 0.506 e. The Kier molecular flexibility index (Phi) is 8.37. The number of carbonyl (C=O) groups is 4. The molecule has 0 saturated heterocycles. The number of benzene rings is 1. The maximum Gasteiger partial charge on any atom is 0.221 e. The molecule has 0 saturated carbocycles. The molecule has 0 aromatic heterocycles. The molecular weight excluding hydrogens is 472 g/mol. The van der Waals surface area contributed by atoms with Gasteiger partial charge < -0.3 is 25.5 Å². The van der Waals surface area contributed by atoms with Crippen LogP contribution in [0.25, 0.3) is 5.57 Å². The van der Waals surface area contributed by atoms with E-state index in [4.69, 9.17) is 0 Å². The van der Waals surface area contributed by atoms with Crippen molar-refractivity contribution < 1.29 is 24.3 Å². The van der Waals surface area contributed by atoms with E-state index < -0.39 is 17.5 Å². The summed E-state index contributed by atoms with van der Waals surface area (Å²) < 4.78 is 0. The van der Waals surface area contributed by atoms with Gasteiger partial charge in [0.2, 0.25) is 17.6 Å². The normalized spacial score (nSPS) is 17.1. The average molecular weight is 507 g/mol. The molecule has 0 bridgehead atoms. The molecule has 1 aromatic rings. The van der Waals surface area contributed by atoms with Gasteiger partial charge in [-0.05, 0) is 52.0 Å². The van der Waals surface area contributed by atoms with Crippen LogP contribution >= 0.6 is 0 Å². The number of rotatable bonds is 9. The van der Waals surface area contributed by atoms with Crippen molar-refractivity contribution in [2.24, 2.45) is 0 Å². The van der Waals surface area contributed by atoms with Crippen LogP contribution < -0.4 is 15.5 Å². The first kappa shape index (κ1) is 27.4. The van der Waals surface area contributed by atoms with E-state index in [1.807, 2.05) is 38.7 Å². The summed E-state index contributed by atoms with van der Waals surface area (Å²) in [5.74, 6) is -2.12. The van der Waals surface area contributed by atoms with Crippen LogP contribution in [0.1, 0.15) is 47.1 Å². The predicted octanol–water partition coefficient (Wildman–Crippen LogP) is 3.47. The Bertz CT molecular complexity index is 1280. The maximum absolute atomic E-state index is 13.4. The topological polar surface area (TPSA) is 119 Å². The number of Topliss-reactive ketones (excluding diaryl/α,β-unsaturated/α-hetero) is 1. The minimum absolute atomic E-state index is 0.00541. The summed E-state index contributed by atoms with van der Waals surface area (Å²) in [7, 11) is 0. The Morgan fingerprint density at radius 1 is 0.811 bits per heavy atom. The lowest BCUT2D eigenvalue weighted by Gasteiger charge is -2.30. The van der Waals surface area contributed by atoms with Crippen LogP contribution in [-0.4, -0.2) is 59.6 Å². The number of aliphatic hydroxyl groups is 1. The second-order valence-corrected chi connectivity index (χ2v) is 8.73. The van der Waals surface area contributed by atoms with Crippen LogP contribution in [0.5, 0.6) is 0 Å². The summed E-state index contributed by atoms with van der Waals surface area (Å²) in [5, 5.41) is 16.4. The Morgan fingerprint density at radius 2 is 1.41 bits per heavy atom. The van der Waals surface area contributed by atoms with Crippen LogP contribution in [-0.2, 0) is 19.2 Å². The second-order valence-electron chi connectivity index (χ2n) is 8.73. The fourth-order valence-corrected chi connectivity index (χ4v) is 4.63. The van der Waals surface area contributed by atoms with Crippen molar-refractivity contribution in [2.45, 2.75) is 41.5 Å². The quantitative estimate of drug-likeness (QED) is 0.439. The van der Waals surface area contributed by atoms with Gasteiger partial charge in [-0.3, -0.25) is 19.2 Å². The highest BCUT2D eigenvalue weighted by atomic mass is 16.3. The molecule has 3 N–H and O–H groups in total. The smallest absolute Gasteiger partial charge is 0.221 e. The fourth-order valence-electron chi connectivity index (χ4n) is 4.63. The van der Waals surface area contributed by atoms with Crippen molar-refractivity contribution >= 4 is 40.3 Å². The van der Waals surface area contributed by atoms with E-state index in [0.717, 1.165) is 18.8 Å². The third kappa shape index (κ3) is 5.35. The molecule has 0 fully saturated rings. The van der Waals surface area contributed by atoms with Crippen LogP contribution in [0.4, 0.5) is 11.4 Å². The molecule has 9 nitrogen and oxygen atoms in total. The molecule has 0 radical (unpaired) electrons. The number of aliphatic hydroxyl groups excluding tert-OH is 1. The number of carbonyl (C=O) groups excluding carboxylic acids is 4. The number of amides is 2. The second kappa shape index (κ2) is 11.3. The molecule has 0 spiro atoms. The van der Waals surface area contributed by atoms with Gasteiger partial charge in [-0.2, -0.15) is 0 Å². The van der Waals surface area contributed by atoms with Gasteiger partial charge in [0.05, 0.1) is 28.1 Å². The van der Waals surface area contributed by atoms with Gasteiger partial charge in [-0.1, -0.05) is 0 Å². The first-order valence-corrected chi connectivity index (χ1v) is 12.5. The Morgan fingerprint density at radius 3 is 1.92 bits per heavy atom. The van der Waals surface area contributed by atoms with Gasteiger partial charge in [0.15, 0.2) is 5.78 Å². The van der Waals surface area contributed by atoms with Crippen molar-refractivity contribution in [1.29, 1.82) is 0 Å². The first-order chi connectivity index (χ1) is 17.6. The van der Waals surface area contributed by atoms with Crippen molar-refractivity contribution in [3.63, 3.8) is 0 Å². The Balaban J connectivity index is 2.16. The average Bonchev–Trinajstić information content (AvgIpc) is 2.83. The number of nitrogens with zero attached hydrogens (tertiary/aromatic N) is 2.